The number of hydrogen-bond donors (Lipinski definition) is 0. The first-order chi connectivity index (χ1) is 8.55. The second-order valence-electron chi connectivity index (χ2n) is 3.63. The quantitative estimate of drug-likeness (QED) is 0.800. The molecule has 0 saturated heterocycles. The molecular weight excluding hydrogens is 296 g/mol. The van der Waals surface area contributed by atoms with E-state index >= 15 is 0 Å². The van der Waals surface area contributed by atoms with Crippen molar-refractivity contribution in [2.75, 3.05) is 6.79 Å². The van der Waals surface area contributed by atoms with Crippen LogP contribution < -0.4 is 9.47 Å². The van der Waals surface area contributed by atoms with Crippen LogP contribution in [0.5, 0.6) is 11.5 Å². The molecule has 0 aliphatic carbocycles. The second kappa shape index (κ2) is 4.15. The van der Waals surface area contributed by atoms with Crippen molar-refractivity contribution in [3.8, 4) is 22.6 Å². The van der Waals surface area contributed by atoms with Crippen molar-refractivity contribution >= 4 is 31.1 Å². The average molecular weight is 303 g/mol. The molecule has 0 amide bonds. The maximum Gasteiger partial charge on any atom is 0.271 e. The van der Waals surface area contributed by atoms with E-state index in [-0.39, 0.29) is 11.0 Å². The third-order valence-corrected chi connectivity index (χ3v) is 5.59. The lowest BCUT2D eigenvalue weighted by Gasteiger charge is -2.03. The van der Waals surface area contributed by atoms with Gasteiger partial charge in [-0.1, -0.05) is 6.07 Å². The standard InChI is InChI=1S/C11H7ClO4S2/c12-18(13,14)11-8(3-4-17-11)7-1-2-9-10(5-7)16-6-15-9/h1-5H,6H2. The lowest BCUT2D eigenvalue weighted by atomic mass is 10.1. The molecule has 94 valence electrons. The highest BCUT2D eigenvalue weighted by atomic mass is 35.7. The molecule has 2 aromatic rings. The number of thiophene rings is 1. The number of fused-ring (bicyclic) bond motifs is 1. The highest BCUT2D eigenvalue weighted by Gasteiger charge is 2.20. The fourth-order valence-corrected chi connectivity index (χ4v) is 4.05. The Bertz CT molecular complexity index is 706. The largest absolute Gasteiger partial charge is 0.454 e. The minimum absolute atomic E-state index is 0.142. The summed E-state index contributed by atoms with van der Waals surface area (Å²) in [7, 11) is 1.67. The lowest BCUT2D eigenvalue weighted by molar-refractivity contribution is 0.174. The Labute approximate surface area is 112 Å². The molecule has 0 bridgehead atoms. The first-order valence-corrected chi connectivity index (χ1v) is 8.17. The fourth-order valence-electron chi connectivity index (χ4n) is 1.76. The molecule has 0 saturated carbocycles. The Balaban J connectivity index is 2.14. The van der Waals surface area contributed by atoms with E-state index in [1.165, 1.54) is 0 Å². The van der Waals surface area contributed by atoms with Crippen LogP contribution in [0, 0.1) is 0 Å². The second-order valence-corrected chi connectivity index (χ2v) is 7.30. The van der Waals surface area contributed by atoms with Crippen molar-refractivity contribution in [2.24, 2.45) is 0 Å². The van der Waals surface area contributed by atoms with Crippen LogP contribution in [0.1, 0.15) is 0 Å². The van der Waals surface area contributed by atoms with E-state index in [9.17, 15) is 8.42 Å². The third kappa shape index (κ3) is 1.96. The van der Waals surface area contributed by atoms with Crippen molar-refractivity contribution in [1.29, 1.82) is 0 Å². The summed E-state index contributed by atoms with van der Waals surface area (Å²) in [5.41, 5.74) is 1.31. The van der Waals surface area contributed by atoms with Crippen molar-refractivity contribution in [3.05, 3.63) is 29.6 Å². The van der Waals surface area contributed by atoms with Gasteiger partial charge in [0, 0.05) is 16.2 Å². The maximum atomic E-state index is 11.4. The topological polar surface area (TPSA) is 52.6 Å². The summed E-state index contributed by atoms with van der Waals surface area (Å²) in [6, 6.07) is 6.99. The van der Waals surface area contributed by atoms with Gasteiger partial charge in [0.15, 0.2) is 11.5 Å². The van der Waals surface area contributed by atoms with Gasteiger partial charge in [0.05, 0.1) is 0 Å². The van der Waals surface area contributed by atoms with E-state index in [0.29, 0.717) is 17.1 Å². The molecule has 1 aromatic carbocycles. The van der Waals surface area contributed by atoms with Crippen LogP contribution in [-0.4, -0.2) is 15.2 Å². The molecular formula is C11H7ClO4S2. The van der Waals surface area contributed by atoms with Crippen LogP contribution in [0.3, 0.4) is 0 Å². The molecule has 0 atom stereocenters. The summed E-state index contributed by atoms with van der Waals surface area (Å²) < 4.78 is 33.5. The summed E-state index contributed by atoms with van der Waals surface area (Å²) in [6.45, 7) is 0.184. The summed E-state index contributed by atoms with van der Waals surface area (Å²) in [4.78, 5) is 0. The van der Waals surface area contributed by atoms with E-state index in [1.807, 2.05) is 0 Å². The van der Waals surface area contributed by atoms with Gasteiger partial charge in [0.1, 0.15) is 4.21 Å². The van der Waals surface area contributed by atoms with Gasteiger partial charge in [-0.05, 0) is 29.1 Å². The van der Waals surface area contributed by atoms with Gasteiger partial charge in [0.25, 0.3) is 9.05 Å². The first kappa shape index (κ1) is 11.8. The Morgan fingerprint density at radius 1 is 1.17 bits per heavy atom. The van der Waals surface area contributed by atoms with Crippen molar-refractivity contribution in [3.63, 3.8) is 0 Å². The van der Waals surface area contributed by atoms with Gasteiger partial charge in [-0.15, -0.1) is 11.3 Å². The Kier molecular flexibility index (Phi) is 2.73. The van der Waals surface area contributed by atoms with Gasteiger partial charge < -0.3 is 9.47 Å². The zero-order valence-corrected chi connectivity index (χ0v) is 11.3. The summed E-state index contributed by atoms with van der Waals surface area (Å²) in [5, 5.41) is 1.69. The minimum Gasteiger partial charge on any atom is -0.454 e. The minimum atomic E-state index is -3.73. The molecule has 0 fully saturated rings. The van der Waals surface area contributed by atoms with Gasteiger partial charge in [0.2, 0.25) is 6.79 Å². The van der Waals surface area contributed by atoms with Gasteiger partial charge >= 0.3 is 0 Å². The molecule has 0 N–H and O–H groups in total. The highest BCUT2D eigenvalue weighted by molar-refractivity contribution is 8.15. The zero-order valence-electron chi connectivity index (χ0n) is 8.92. The molecule has 1 aliphatic rings. The smallest absolute Gasteiger partial charge is 0.271 e. The van der Waals surface area contributed by atoms with Crippen LogP contribution in [0.15, 0.2) is 33.9 Å². The molecule has 18 heavy (non-hydrogen) atoms. The van der Waals surface area contributed by atoms with E-state index in [0.717, 1.165) is 16.9 Å². The molecule has 1 aromatic heterocycles. The first-order valence-electron chi connectivity index (χ1n) is 4.98. The number of halogens is 1. The molecule has 2 heterocycles. The zero-order chi connectivity index (χ0) is 12.8. The average Bonchev–Trinajstić information content (AvgIpc) is 2.96. The molecule has 0 radical (unpaired) electrons. The predicted molar refractivity (Wildman–Crippen MR) is 68.9 cm³/mol. The monoisotopic (exact) mass is 302 g/mol. The number of benzene rings is 1. The van der Waals surface area contributed by atoms with Crippen LogP contribution in [0.25, 0.3) is 11.1 Å². The van der Waals surface area contributed by atoms with Gasteiger partial charge in [-0.3, -0.25) is 0 Å². The molecule has 0 spiro atoms. The predicted octanol–water partition coefficient (Wildman–Crippen LogP) is 3.07. The van der Waals surface area contributed by atoms with Crippen molar-refractivity contribution < 1.29 is 17.9 Å². The lowest BCUT2D eigenvalue weighted by Crippen LogP contribution is -1.92. The van der Waals surface area contributed by atoms with Crippen molar-refractivity contribution in [1.82, 2.24) is 0 Å². The van der Waals surface area contributed by atoms with Gasteiger partial charge in [-0.2, -0.15) is 0 Å². The maximum absolute atomic E-state index is 11.4. The third-order valence-electron chi connectivity index (χ3n) is 2.53. The van der Waals surface area contributed by atoms with Crippen LogP contribution in [0.2, 0.25) is 0 Å². The Hall–Kier alpha value is -1.24. The molecule has 7 heteroatoms. The highest BCUT2D eigenvalue weighted by Crippen LogP contribution is 2.39. The number of ether oxygens (including phenoxy) is 2. The van der Waals surface area contributed by atoms with Gasteiger partial charge in [-0.25, -0.2) is 8.42 Å². The Morgan fingerprint density at radius 2 is 1.94 bits per heavy atom. The normalized spacial score (nSPS) is 13.8. The summed E-state index contributed by atoms with van der Waals surface area (Å²) in [6.07, 6.45) is 0. The molecule has 1 aliphatic heterocycles. The van der Waals surface area contributed by atoms with E-state index in [1.54, 1.807) is 29.6 Å². The number of rotatable bonds is 2. The Morgan fingerprint density at radius 3 is 2.72 bits per heavy atom. The van der Waals surface area contributed by atoms with Crippen LogP contribution in [0.4, 0.5) is 0 Å². The van der Waals surface area contributed by atoms with Crippen LogP contribution in [-0.2, 0) is 9.05 Å². The summed E-state index contributed by atoms with van der Waals surface area (Å²) in [5.74, 6) is 1.26. The summed E-state index contributed by atoms with van der Waals surface area (Å²) >= 11 is 1.09. The van der Waals surface area contributed by atoms with E-state index in [4.69, 9.17) is 20.2 Å². The SMILES string of the molecule is O=S(=O)(Cl)c1sccc1-c1ccc2c(c1)OCO2. The molecule has 0 unspecified atom stereocenters. The van der Waals surface area contributed by atoms with E-state index < -0.39 is 9.05 Å². The van der Waals surface area contributed by atoms with Crippen LogP contribution >= 0.6 is 22.0 Å². The molecule has 3 rings (SSSR count). The fraction of sp³-hybridized carbons (Fsp3) is 0.0909. The number of hydrogen-bond acceptors (Lipinski definition) is 5. The van der Waals surface area contributed by atoms with Crippen molar-refractivity contribution in [2.45, 2.75) is 4.21 Å². The molecule has 4 nitrogen and oxygen atoms in total. The van der Waals surface area contributed by atoms with E-state index in [2.05, 4.69) is 0 Å².